The van der Waals surface area contributed by atoms with E-state index in [1.54, 1.807) is 0 Å². The Morgan fingerprint density at radius 3 is 1.77 bits per heavy atom. The van der Waals surface area contributed by atoms with Crippen LogP contribution in [0.4, 0.5) is 17.1 Å². The SMILES string of the molecule is c1ccc(-c2cccc(N(c3ccccc3)c3ccc(-c4ccc5c(c4)c(-c4ccc6ccccc6c4)cc4oc6ccccc6c45)cc3)c2)cc1. The van der Waals surface area contributed by atoms with Crippen LogP contribution in [-0.4, -0.2) is 0 Å². The number of benzene rings is 9. The average molecular weight is 664 g/mol. The monoisotopic (exact) mass is 663 g/mol. The van der Waals surface area contributed by atoms with Gasteiger partial charge in [0.05, 0.1) is 0 Å². The summed E-state index contributed by atoms with van der Waals surface area (Å²) in [5.74, 6) is 0. The molecule has 2 nitrogen and oxygen atoms in total. The highest BCUT2D eigenvalue weighted by Gasteiger charge is 2.17. The fraction of sp³-hybridized carbons (Fsp3) is 0. The predicted octanol–water partition coefficient (Wildman–Crippen LogP) is 14.4. The van der Waals surface area contributed by atoms with Gasteiger partial charge in [0, 0.05) is 27.8 Å². The van der Waals surface area contributed by atoms with Gasteiger partial charge in [0.1, 0.15) is 11.2 Å². The lowest BCUT2D eigenvalue weighted by Crippen LogP contribution is -2.09. The lowest BCUT2D eigenvalue weighted by Gasteiger charge is -2.26. The molecule has 0 fully saturated rings. The number of hydrogen-bond acceptors (Lipinski definition) is 2. The highest BCUT2D eigenvalue weighted by Crippen LogP contribution is 2.43. The Morgan fingerprint density at radius 2 is 0.923 bits per heavy atom. The Morgan fingerprint density at radius 1 is 0.308 bits per heavy atom. The van der Waals surface area contributed by atoms with Crippen molar-refractivity contribution in [2.45, 2.75) is 0 Å². The first-order valence-electron chi connectivity index (χ1n) is 17.8. The maximum Gasteiger partial charge on any atom is 0.136 e. The van der Waals surface area contributed by atoms with E-state index in [0.29, 0.717) is 0 Å². The van der Waals surface area contributed by atoms with E-state index < -0.39 is 0 Å². The molecule has 10 rings (SSSR count). The Hall–Kier alpha value is -6.90. The van der Waals surface area contributed by atoms with Gasteiger partial charge in [0.25, 0.3) is 0 Å². The zero-order chi connectivity index (χ0) is 34.4. The lowest BCUT2D eigenvalue weighted by atomic mass is 9.91. The second-order valence-electron chi connectivity index (χ2n) is 13.4. The van der Waals surface area contributed by atoms with Crippen LogP contribution in [0.2, 0.25) is 0 Å². The van der Waals surface area contributed by atoms with Gasteiger partial charge in [-0.2, -0.15) is 0 Å². The molecule has 0 bridgehead atoms. The van der Waals surface area contributed by atoms with Gasteiger partial charge in [-0.15, -0.1) is 0 Å². The summed E-state index contributed by atoms with van der Waals surface area (Å²) in [6, 6.07) is 71.7. The van der Waals surface area contributed by atoms with Gasteiger partial charge in [-0.1, -0.05) is 140 Å². The molecule has 2 heteroatoms. The highest BCUT2D eigenvalue weighted by atomic mass is 16.3. The lowest BCUT2D eigenvalue weighted by molar-refractivity contribution is 0.669. The summed E-state index contributed by atoms with van der Waals surface area (Å²) in [5.41, 5.74) is 12.2. The quantitative estimate of drug-likeness (QED) is 0.176. The van der Waals surface area contributed by atoms with Crippen LogP contribution >= 0.6 is 0 Å². The molecule has 9 aromatic carbocycles. The molecule has 244 valence electrons. The zero-order valence-electron chi connectivity index (χ0n) is 28.4. The second kappa shape index (κ2) is 12.5. The number of nitrogens with zero attached hydrogens (tertiary/aromatic N) is 1. The fourth-order valence-corrected chi connectivity index (χ4v) is 7.70. The summed E-state index contributed by atoms with van der Waals surface area (Å²) in [6.45, 7) is 0. The van der Waals surface area contributed by atoms with E-state index in [1.165, 1.54) is 54.9 Å². The van der Waals surface area contributed by atoms with Crippen molar-refractivity contribution in [3.05, 3.63) is 200 Å². The van der Waals surface area contributed by atoms with Crippen LogP contribution in [0.5, 0.6) is 0 Å². The van der Waals surface area contributed by atoms with Crippen molar-refractivity contribution in [3.63, 3.8) is 0 Å². The molecule has 0 amide bonds. The van der Waals surface area contributed by atoms with Crippen LogP contribution in [0.15, 0.2) is 205 Å². The third kappa shape index (κ3) is 5.21. The standard InChI is InChI=1S/C50H33NO/c1-3-12-34(13-4-1)38-16-11-19-43(31-38)51(41-17-5-2-6-18-41)42-27-24-36(25-28-42)39-26-29-44-47(32-39)46(40-23-22-35-14-7-8-15-37(35)30-40)33-49-50(44)45-20-9-10-21-48(45)52-49/h1-33H. The summed E-state index contributed by atoms with van der Waals surface area (Å²) in [6.07, 6.45) is 0. The average Bonchev–Trinajstić information content (AvgIpc) is 3.60. The molecule has 0 unspecified atom stereocenters. The van der Waals surface area contributed by atoms with E-state index in [-0.39, 0.29) is 0 Å². The van der Waals surface area contributed by atoms with Crippen molar-refractivity contribution in [2.75, 3.05) is 4.90 Å². The number of rotatable bonds is 6. The molecule has 0 spiro atoms. The molecule has 1 heterocycles. The Kier molecular flexibility index (Phi) is 7.18. The molecule has 0 aliphatic rings. The molecule has 0 aliphatic heterocycles. The second-order valence-corrected chi connectivity index (χ2v) is 13.4. The van der Waals surface area contributed by atoms with Gasteiger partial charge in [0.15, 0.2) is 0 Å². The zero-order valence-corrected chi connectivity index (χ0v) is 28.4. The third-order valence-electron chi connectivity index (χ3n) is 10.2. The molecular formula is C50H33NO. The molecule has 0 radical (unpaired) electrons. The number of anilines is 3. The fourth-order valence-electron chi connectivity index (χ4n) is 7.70. The van der Waals surface area contributed by atoms with E-state index in [2.05, 4.69) is 199 Å². The van der Waals surface area contributed by atoms with Gasteiger partial charge in [-0.05, 0) is 116 Å². The van der Waals surface area contributed by atoms with Crippen molar-refractivity contribution in [1.82, 2.24) is 0 Å². The first kappa shape index (κ1) is 30.0. The van der Waals surface area contributed by atoms with Crippen LogP contribution in [0.1, 0.15) is 0 Å². The maximum atomic E-state index is 6.46. The van der Waals surface area contributed by atoms with Crippen molar-refractivity contribution < 1.29 is 4.42 Å². The predicted molar refractivity (Wildman–Crippen MR) is 220 cm³/mol. The summed E-state index contributed by atoms with van der Waals surface area (Å²) in [4.78, 5) is 2.33. The number of fused-ring (bicyclic) bond motifs is 6. The van der Waals surface area contributed by atoms with Gasteiger partial charge in [-0.25, -0.2) is 0 Å². The first-order chi connectivity index (χ1) is 25.8. The Bertz CT molecular complexity index is 2890. The summed E-state index contributed by atoms with van der Waals surface area (Å²) < 4.78 is 6.46. The molecule has 1 aromatic heterocycles. The highest BCUT2D eigenvalue weighted by molar-refractivity contribution is 6.22. The smallest absolute Gasteiger partial charge is 0.136 e. The van der Waals surface area contributed by atoms with Crippen LogP contribution in [0.3, 0.4) is 0 Å². The molecule has 52 heavy (non-hydrogen) atoms. The number of hydrogen-bond donors (Lipinski definition) is 0. The molecular weight excluding hydrogens is 631 g/mol. The van der Waals surface area contributed by atoms with Crippen LogP contribution < -0.4 is 4.90 Å². The van der Waals surface area contributed by atoms with E-state index in [4.69, 9.17) is 4.42 Å². The van der Waals surface area contributed by atoms with Crippen LogP contribution in [0.25, 0.3) is 76.9 Å². The van der Waals surface area contributed by atoms with E-state index in [9.17, 15) is 0 Å². The van der Waals surface area contributed by atoms with Gasteiger partial charge >= 0.3 is 0 Å². The van der Waals surface area contributed by atoms with Crippen molar-refractivity contribution >= 4 is 60.5 Å². The summed E-state index contributed by atoms with van der Waals surface area (Å²) >= 11 is 0. The number of para-hydroxylation sites is 2. The number of furan rings is 1. The van der Waals surface area contributed by atoms with E-state index in [1.807, 2.05) is 6.07 Å². The first-order valence-corrected chi connectivity index (χ1v) is 17.8. The normalized spacial score (nSPS) is 11.5. The van der Waals surface area contributed by atoms with Crippen LogP contribution in [-0.2, 0) is 0 Å². The van der Waals surface area contributed by atoms with Gasteiger partial charge in [-0.3, -0.25) is 0 Å². The topological polar surface area (TPSA) is 16.4 Å². The minimum atomic E-state index is 0.909. The van der Waals surface area contributed by atoms with Crippen LogP contribution in [0, 0.1) is 0 Å². The molecule has 0 N–H and O–H groups in total. The van der Waals surface area contributed by atoms with E-state index in [0.717, 1.165) is 39.0 Å². The van der Waals surface area contributed by atoms with Gasteiger partial charge < -0.3 is 9.32 Å². The Balaban J connectivity index is 1.11. The summed E-state index contributed by atoms with van der Waals surface area (Å²) in [7, 11) is 0. The molecule has 0 saturated carbocycles. The summed E-state index contributed by atoms with van der Waals surface area (Å²) in [5, 5.41) is 7.16. The van der Waals surface area contributed by atoms with Gasteiger partial charge in [0.2, 0.25) is 0 Å². The van der Waals surface area contributed by atoms with E-state index >= 15 is 0 Å². The van der Waals surface area contributed by atoms with Crippen molar-refractivity contribution in [1.29, 1.82) is 0 Å². The van der Waals surface area contributed by atoms with Crippen molar-refractivity contribution in [2.24, 2.45) is 0 Å². The van der Waals surface area contributed by atoms with Crippen molar-refractivity contribution in [3.8, 4) is 33.4 Å². The maximum absolute atomic E-state index is 6.46. The molecule has 10 aromatic rings. The minimum Gasteiger partial charge on any atom is -0.456 e. The molecule has 0 aliphatic carbocycles. The largest absolute Gasteiger partial charge is 0.456 e. The molecule has 0 atom stereocenters. The molecule has 0 saturated heterocycles. The minimum absolute atomic E-state index is 0.909. The third-order valence-corrected chi connectivity index (χ3v) is 10.2. The Labute approximate surface area is 302 Å².